The molecule has 0 bridgehead atoms. The fourth-order valence-corrected chi connectivity index (χ4v) is 2.39. The fraction of sp³-hybridized carbons (Fsp3) is 0. The third-order valence-electron chi connectivity index (χ3n) is 2.52. The van der Waals surface area contributed by atoms with Gasteiger partial charge in [-0.15, -0.1) is 0 Å². The lowest BCUT2D eigenvalue weighted by molar-refractivity contribution is 0.104. The fourth-order valence-electron chi connectivity index (χ4n) is 1.58. The van der Waals surface area contributed by atoms with Gasteiger partial charge in [0.2, 0.25) is 0 Å². The number of rotatable bonds is 3. The van der Waals surface area contributed by atoms with Crippen molar-refractivity contribution in [1.82, 2.24) is 0 Å². The standard InChI is InChI=1S/C15H10BrClO2/c16-11-8-12(15(19)13(17)9-11)14(18)7-6-10-4-2-1-3-5-10/h1-9,19H/b7-6+. The second kappa shape index (κ2) is 6.04. The summed E-state index contributed by atoms with van der Waals surface area (Å²) in [4.78, 5) is 12.0. The minimum absolute atomic E-state index is 0.144. The van der Waals surface area contributed by atoms with Gasteiger partial charge in [-0.2, -0.15) is 0 Å². The van der Waals surface area contributed by atoms with E-state index < -0.39 is 0 Å². The summed E-state index contributed by atoms with van der Waals surface area (Å²) in [7, 11) is 0. The Morgan fingerprint density at radius 2 is 1.89 bits per heavy atom. The van der Waals surface area contributed by atoms with Crippen LogP contribution in [0.3, 0.4) is 0 Å². The van der Waals surface area contributed by atoms with Gasteiger partial charge in [0.05, 0.1) is 10.6 Å². The highest BCUT2D eigenvalue weighted by Gasteiger charge is 2.12. The van der Waals surface area contributed by atoms with Crippen molar-refractivity contribution in [3.8, 4) is 5.75 Å². The highest BCUT2D eigenvalue weighted by Crippen LogP contribution is 2.31. The van der Waals surface area contributed by atoms with Gasteiger partial charge in [-0.05, 0) is 23.8 Å². The SMILES string of the molecule is O=C(/C=C/c1ccccc1)c1cc(Br)cc(Cl)c1O. The highest BCUT2D eigenvalue weighted by atomic mass is 79.9. The zero-order valence-electron chi connectivity index (χ0n) is 9.81. The summed E-state index contributed by atoms with van der Waals surface area (Å²) < 4.78 is 0.645. The minimum Gasteiger partial charge on any atom is -0.506 e. The third kappa shape index (κ3) is 3.46. The highest BCUT2D eigenvalue weighted by molar-refractivity contribution is 9.10. The summed E-state index contributed by atoms with van der Waals surface area (Å²) in [6.07, 6.45) is 3.10. The second-order valence-corrected chi connectivity index (χ2v) is 5.21. The number of carbonyl (C=O) groups excluding carboxylic acids is 1. The van der Waals surface area contributed by atoms with Crippen molar-refractivity contribution >= 4 is 39.4 Å². The molecule has 0 unspecified atom stereocenters. The number of aromatic hydroxyl groups is 1. The monoisotopic (exact) mass is 336 g/mol. The van der Waals surface area contributed by atoms with Crippen LogP contribution in [0, 0.1) is 0 Å². The number of ketones is 1. The Hall–Kier alpha value is -1.58. The van der Waals surface area contributed by atoms with E-state index in [9.17, 15) is 9.90 Å². The summed E-state index contributed by atoms with van der Waals surface area (Å²) in [6.45, 7) is 0. The summed E-state index contributed by atoms with van der Waals surface area (Å²) in [5.41, 5.74) is 1.09. The van der Waals surface area contributed by atoms with E-state index in [4.69, 9.17) is 11.6 Å². The largest absolute Gasteiger partial charge is 0.506 e. The van der Waals surface area contributed by atoms with Crippen LogP contribution in [0.5, 0.6) is 5.75 Å². The number of carbonyl (C=O) groups is 1. The van der Waals surface area contributed by atoms with Crippen molar-refractivity contribution in [1.29, 1.82) is 0 Å². The van der Waals surface area contributed by atoms with Gasteiger partial charge in [-0.3, -0.25) is 4.79 Å². The maximum absolute atomic E-state index is 12.0. The van der Waals surface area contributed by atoms with E-state index in [0.717, 1.165) is 5.56 Å². The molecule has 0 saturated carbocycles. The normalized spacial score (nSPS) is 10.8. The summed E-state index contributed by atoms with van der Waals surface area (Å²) in [6, 6.07) is 12.5. The number of halogens is 2. The van der Waals surface area contributed by atoms with Crippen molar-refractivity contribution < 1.29 is 9.90 Å². The molecule has 0 radical (unpaired) electrons. The van der Waals surface area contributed by atoms with E-state index in [2.05, 4.69) is 15.9 Å². The molecule has 19 heavy (non-hydrogen) atoms. The molecule has 2 aromatic carbocycles. The van der Waals surface area contributed by atoms with Crippen LogP contribution in [0.2, 0.25) is 5.02 Å². The van der Waals surface area contributed by atoms with Gasteiger partial charge in [-0.1, -0.05) is 63.9 Å². The van der Waals surface area contributed by atoms with Gasteiger partial charge in [-0.25, -0.2) is 0 Å². The van der Waals surface area contributed by atoms with E-state index in [-0.39, 0.29) is 22.1 Å². The Morgan fingerprint density at radius 1 is 1.21 bits per heavy atom. The van der Waals surface area contributed by atoms with Crippen molar-refractivity contribution in [3.05, 3.63) is 69.2 Å². The maximum Gasteiger partial charge on any atom is 0.189 e. The molecule has 2 aromatic rings. The number of hydrogen-bond acceptors (Lipinski definition) is 2. The van der Waals surface area contributed by atoms with Crippen LogP contribution < -0.4 is 0 Å². The van der Waals surface area contributed by atoms with Crippen molar-refractivity contribution in [3.63, 3.8) is 0 Å². The van der Waals surface area contributed by atoms with E-state index in [1.807, 2.05) is 30.3 Å². The number of benzene rings is 2. The molecule has 1 N–H and O–H groups in total. The van der Waals surface area contributed by atoms with Gasteiger partial charge >= 0.3 is 0 Å². The Morgan fingerprint density at radius 3 is 2.58 bits per heavy atom. The average Bonchev–Trinajstić information content (AvgIpc) is 2.41. The van der Waals surface area contributed by atoms with Gasteiger partial charge < -0.3 is 5.11 Å². The molecule has 0 spiro atoms. The van der Waals surface area contributed by atoms with Crippen molar-refractivity contribution in [2.45, 2.75) is 0 Å². The van der Waals surface area contributed by atoms with Crippen molar-refractivity contribution in [2.75, 3.05) is 0 Å². The van der Waals surface area contributed by atoms with E-state index in [0.29, 0.717) is 4.47 Å². The first kappa shape index (κ1) is 13.8. The lowest BCUT2D eigenvalue weighted by atomic mass is 10.1. The molecule has 0 aliphatic heterocycles. The predicted molar refractivity (Wildman–Crippen MR) is 80.6 cm³/mol. The van der Waals surface area contributed by atoms with Gasteiger partial charge in [0, 0.05) is 4.47 Å². The first-order valence-corrected chi connectivity index (χ1v) is 6.70. The Bertz CT molecular complexity index is 636. The van der Waals surface area contributed by atoms with Gasteiger partial charge in [0.25, 0.3) is 0 Å². The molecule has 0 aromatic heterocycles. The average molecular weight is 338 g/mol. The van der Waals surface area contributed by atoms with E-state index in [1.165, 1.54) is 12.1 Å². The molecule has 0 fully saturated rings. The molecule has 0 amide bonds. The number of allylic oxidation sites excluding steroid dienone is 1. The van der Waals surface area contributed by atoms with Crippen LogP contribution in [0.4, 0.5) is 0 Å². The lowest BCUT2D eigenvalue weighted by Crippen LogP contribution is -1.95. The molecule has 4 heteroatoms. The van der Waals surface area contributed by atoms with Crippen LogP contribution in [0.1, 0.15) is 15.9 Å². The lowest BCUT2D eigenvalue weighted by Gasteiger charge is -2.03. The topological polar surface area (TPSA) is 37.3 Å². The molecule has 2 nitrogen and oxygen atoms in total. The van der Waals surface area contributed by atoms with E-state index >= 15 is 0 Å². The number of hydrogen-bond donors (Lipinski definition) is 1. The van der Waals surface area contributed by atoms with E-state index in [1.54, 1.807) is 12.1 Å². The van der Waals surface area contributed by atoms with Crippen LogP contribution in [-0.4, -0.2) is 10.9 Å². The molecule has 96 valence electrons. The van der Waals surface area contributed by atoms with Crippen LogP contribution in [0.25, 0.3) is 6.08 Å². The minimum atomic E-state index is -0.301. The van der Waals surface area contributed by atoms with Gasteiger partial charge in [0.1, 0.15) is 5.75 Å². The molecule has 2 rings (SSSR count). The Labute approximate surface area is 124 Å². The maximum atomic E-state index is 12.0. The van der Waals surface area contributed by atoms with Crippen LogP contribution in [0.15, 0.2) is 53.0 Å². The van der Waals surface area contributed by atoms with Crippen molar-refractivity contribution in [2.24, 2.45) is 0 Å². The predicted octanol–water partition coefficient (Wildman–Crippen LogP) is 4.70. The first-order chi connectivity index (χ1) is 9.08. The second-order valence-electron chi connectivity index (χ2n) is 3.89. The molecule has 0 aliphatic carbocycles. The first-order valence-electron chi connectivity index (χ1n) is 5.53. The Kier molecular flexibility index (Phi) is 4.40. The Balaban J connectivity index is 2.28. The van der Waals surface area contributed by atoms with Gasteiger partial charge in [0.15, 0.2) is 5.78 Å². The molecular formula is C15H10BrClO2. The molecule has 0 atom stereocenters. The van der Waals surface area contributed by atoms with Crippen LogP contribution in [-0.2, 0) is 0 Å². The molecule has 0 heterocycles. The summed E-state index contributed by atoms with van der Waals surface area (Å²) >= 11 is 9.06. The number of phenols is 1. The number of phenolic OH excluding ortho intramolecular Hbond substituents is 1. The zero-order chi connectivity index (χ0) is 13.8. The molecular weight excluding hydrogens is 328 g/mol. The summed E-state index contributed by atoms with van der Waals surface area (Å²) in [5, 5.41) is 9.93. The third-order valence-corrected chi connectivity index (χ3v) is 3.27. The zero-order valence-corrected chi connectivity index (χ0v) is 12.1. The van der Waals surface area contributed by atoms with Crippen LogP contribution >= 0.6 is 27.5 Å². The summed E-state index contributed by atoms with van der Waals surface area (Å²) in [5.74, 6) is -0.503. The quantitative estimate of drug-likeness (QED) is 0.651. The molecule has 0 aliphatic rings. The smallest absolute Gasteiger partial charge is 0.189 e. The molecule has 0 saturated heterocycles.